The van der Waals surface area contributed by atoms with Crippen molar-refractivity contribution in [3.8, 4) is 5.75 Å². The SMILES string of the molecule is COc1ccc2c(c1)CCCN2c1nc2cc(C(=O)O)ccc2nc1C1C=Cc2[nH]ccc2C1. The number of carbonyl (C=O) groups is 1. The highest BCUT2D eigenvalue weighted by Gasteiger charge is 2.28. The van der Waals surface area contributed by atoms with Gasteiger partial charge in [-0.2, -0.15) is 0 Å². The standard InChI is InChI=1S/C27H24N4O3/c1-34-20-6-9-24-17(14-20)3-2-12-31(24)26-25(18-4-7-21-16(13-18)10-11-28-21)29-22-8-5-19(27(32)33)15-23(22)30-26/h4-11,14-15,18,28H,2-3,12-13H2,1H3,(H,32,33). The predicted octanol–water partition coefficient (Wildman–Crippen LogP) is 5.10. The van der Waals surface area contributed by atoms with Crippen molar-refractivity contribution < 1.29 is 14.6 Å². The lowest BCUT2D eigenvalue weighted by Gasteiger charge is -2.33. The Bertz CT molecular complexity index is 1460. The van der Waals surface area contributed by atoms with Crippen LogP contribution in [0.5, 0.6) is 5.75 Å². The lowest BCUT2D eigenvalue weighted by Crippen LogP contribution is -2.27. The van der Waals surface area contributed by atoms with Crippen LogP contribution in [0.3, 0.4) is 0 Å². The summed E-state index contributed by atoms with van der Waals surface area (Å²) in [6.07, 6.45) is 9.05. The molecule has 0 saturated carbocycles. The smallest absolute Gasteiger partial charge is 0.335 e. The van der Waals surface area contributed by atoms with Gasteiger partial charge in [-0.25, -0.2) is 14.8 Å². The second-order valence-electron chi connectivity index (χ2n) is 8.78. The minimum Gasteiger partial charge on any atom is -0.497 e. The number of carboxylic acids is 1. The first-order valence-corrected chi connectivity index (χ1v) is 11.4. The normalized spacial score (nSPS) is 16.9. The molecule has 170 valence electrons. The van der Waals surface area contributed by atoms with Crippen LogP contribution >= 0.6 is 0 Å². The first-order valence-electron chi connectivity index (χ1n) is 11.4. The van der Waals surface area contributed by atoms with Crippen LogP contribution in [-0.2, 0) is 12.8 Å². The molecular formula is C27H24N4O3. The van der Waals surface area contributed by atoms with Crippen molar-refractivity contribution in [1.29, 1.82) is 0 Å². The van der Waals surface area contributed by atoms with Crippen LogP contribution in [0.2, 0.25) is 0 Å². The van der Waals surface area contributed by atoms with Crippen molar-refractivity contribution >= 4 is 34.6 Å². The number of ether oxygens (including phenoxy) is 1. The summed E-state index contributed by atoms with van der Waals surface area (Å²) >= 11 is 0. The number of carboxylic acid groups (broad SMARTS) is 1. The summed E-state index contributed by atoms with van der Waals surface area (Å²) in [5, 5.41) is 9.49. The largest absolute Gasteiger partial charge is 0.497 e. The maximum atomic E-state index is 11.6. The average Bonchev–Trinajstić information content (AvgIpc) is 3.35. The summed E-state index contributed by atoms with van der Waals surface area (Å²) in [6, 6.07) is 13.2. The van der Waals surface area contributed by atoms with Crippen LogP contribution in [-0.4, -0.2) is 39.7 Å². The van der Waals surface area contributed by atoms with Gasteiger partial charge < -0.3 is 19.7 Å². The number of aromatic amines is 1. The van der Waals surface area contributed by atoms with Gasteiger partial charge in [0.1, 0.15) is 5.75 Å². The number of fused-ring (bicyclic) bond motifs is 3. The molecule has 0 radical (unpaired) electrons. The van der Waals surface area contributed by atoms with Gasteiger partial charge in [0.25, 0.3) is 0 Å². The van der Waals surface area contributed by atoms with E-state index in [-0.39, 0.29) is 11.5 Å². The summed E-state index contributed by atoms with van der Waals surface area (Å²) in [5.41, 5.74) is 7.09. The third-order valence-electron chi connectivity index (χ3n) is 6.74. The van der Waals surface area contributed by atoms with Crippen LogP contribution in [0.15, 0.2) is 54.7 Å². The van der Waals surface area contributed by atoms with Crippen molar-refractivity contribution in [3.63, 3.8) is 0 Å². The Morgan fingerprint density at radius 2 is 2.03 bits per heavy atom. The Balaban J connectivity index is 1.53. The first kappa shape index (κ1) is 20.5. The molecule has 3 heterocycles. The molecule has 1 aliphatic heterocycles. The highest BCUT2D eigenvalue weighted by molar-refractivity contribution is 5.92. The molecule has 2 N–H and O–H groups in total. The van der Waals surface area contributed by atoms with Gasteiger partial charge in [-0.1, -0.05) is 6.08 Å². The molecule has 6 rings (SSSR count). The third kappa shape index (κ3) is 3.41. The monoisotopic (exact) mass is 452 g/mol. The van der Waals surface area contributed by atoms with Gasteiger partial charge in [0.15, 0.2) is 5.82 Å². The van der Waals surface area contributed by atoms with Crippen LogP contribution in [0.25, 0.3) is 17.1 Å². The molecule has 1 atom stereocenters. The quantitative estimate of drug-likeness (QED) is 0.448. The Kier molecular flexibility index (Phi) is 4.83. The van der Waals surface area contributed by atoms with Crippen LogP contribution in [0, 0.1) is 0 Å². The highest BCUT2D eigenvalue weighted by atomic mass is 16.5. The lowest BCUT2D eigenvalue weighted by atomic mass is 9.90. The molecule has 1 unspecified atom stereocenters. The Labute approximate surface area is 196 Å². The van der Waals surface area contributed by atoms with E-state index in [4.69, 9.17) is 14.7 Å². The third-order valence-corrected chi connectivity index (χ3v) is 6.74. The number of nitrogens with zero attached hydrogens (tertiary/aromatic N) is 3. The topological polar surface area (TPSA) is 91.3 Å². The van der Waals surface area contributed by atoms with Crippen molar-refractivity contribution in [2.24, 2.45) is 0 Å². The minimum absolute atomic E-state index is 0.0676. The second kappa shape index (κ2) is 8.02. The van der Waals surface area contributed by atoms with E-state index in [0.717, 1.165) is 54.4 Å². The number of benzene rings is 2. The number of H-pyrrole nitrogens is 1. The number of methoxy groups -OCH3 is 1. The second-order valence-corrected chi connectivity index (χ2v) is 8.78. The fourth-order valence-corrected chi connectivity index (χ4v) is 5.01. The predicted molar refractivity (Wildman–Crippen MR) is 131 cm³/mol. The molecule has 2 aromatic heterocycles. The zero-order chi connectivity index (χ0) is 23.2. The van der Waals surface area contributed by atoms with Crippen molar-refractivity contribution in [1.82, 2.24) is 15.0 Å². The molecule has 0 bridgehead atoms. The van der Waals surface area contributed by atoms with Crippen LogP contribution in [0.4, 0.5) is 11.5 Å². The molecule has 0 spiro atoms. The van der Waals surface area contributed by atoms with Gasteiger partial charge >= 0.3 is 5.97 Å². The highest BCUT2D eigenvalue weighted by Crippen LogP contribution is 2.40. The number of hydrogen-bond acceptors (Lipinski definition) is 5. The zero-order valence-electron chi connectivity index (χ0n) is 18.8. The minimum atomic E-state index is -0.972. The van der Waals surface area contributed by atoms with Gasteiger partial charge in [-0.3, -0.25) is 0 Å². The number of hydrogen-bond donors (Lipinski definition) is 2. The maximum absolute atomic E-state index is 11.6. The molecular weight excluding hydrogens is 428 g/mol. The fourth-order valence-electron chi connectivity index (χ4n) is 5.01. The number of rotatable bonds is 4. The Hall–Kier alpha value is -4.13. The van der Waals surface area contributed by atoms with E-state index in [1.807, 2.05) is 12.3 Å². The summed E-state index contributed by atoms with van der Waals surface area (Å²) in [6.45, 7) is 0.816. The van der Waals surface area contributed by atoms with E-state index >= 15 is 0 Å². The van der Waals surface area contributed by atoms with Crippen molar-refractivity contribution in [2.75, 3.05) is 18.6 Å². The number of aromatic carboxylic acids is 1. The van der Waals surface area contributed by atoms with Crippen LogP contribution < -0.4 is 9.64 Å². The molecule has 0 saturated heterocycles. The summed E-state index contributed by atoms with van der Waals surface area (Å²) in [4.78, 5) is 27.2. The van der Waals surface area contributed by atoms with Crippen molar-refractivity contribution in [2.45, 2.75) is 25.2 Å². The van der Waals surface area contributed by atoms with Gasteiger partial charge in [0, 0.05) is 30.0 Å². The molecule has 4 aromatic rings. The number of aromatic nitrogens is 3. The molecule has 7 heteroatoms. The number of aryl methyl sites for hydroxylation is 1. The molecule has 0 fully saturated rings. The van der Waals surface area contributed by atoms with E-state index in [2.05, 4.69) is 40.2 Å². The maximum Gasteiger partial charge on any atom is 0.335 e. The van der Waals surface area contributed by atoms with Gasteiger partial charge in [-0.15, -0.1) is 0 Å². The van der Waals surface area contributed by atoms with Gasteiger partial charge in [-0.05, 0) is 78.9 Å². The summed E-state index contributed by atoms with van der Waals surface area (Å²) in [5.74, 6) is 0.722. The molecule has 0 amide bonds. The molecule has 34 heavy (non-hydrogen) atoms. The fraction of sp³-hybridized carbons (Fsp3) is 0.222. The van der Waals surface area contributed by atoms with E-state index in [0.29, 0.717) is 11.0 Å². The van der Waals surface area contributed by atoms with E-state index in [9.17, 15) is 9.90 Å². The number of anilines is 2. The summed E-state index contributed by atoms with van der Waals surface area (Å²) in [7, 11) is 1.68. The lowest BCUT2D eigenvalue weighted by molar-refractivity contribution is 0.0697. The van der Waals surface area contributed by atoms with Gasteiger partial charge in [0.05, 0.1) is 29.4 Å². The van der Waals surface area contributed by atoms with E-state index < -0.39 is 5.97 Å². The van der Waals surface area contributed by atoms with Crippen molar-refractivity contribution in [3.05, 3.63) is 82.8 Å². The van der Waals surface area contributed by atoms with E-state index in [1.165, 1.54) is 11.1 Å². The Morgan fingerprint density at radius 1 is 1.12 bits per heavy atom. The Morgan fingerprint density at radius 3 is 2.88 bits per heavy atom. The molecule has 7 nitrogen and oxygen atoms in total. The molecule has 1 aliphatic carbocycles. The number of allylic oxidation sites excluding steroid dienone is 1. The average molecular weight is 453 g/mol. The van der Waals surface area contributed by atoms with Crippen LogP contribution in [0.1, 0.15) is 45.2 Å². The number of nitrogens with one attached hydrogen (secondary N) is 1. The first-order chi connectivity index (χ1) is 16.6. The molecule has 2 aromatic carbocycles. The van der Waals surface area contributed by atoms with Gasteiger partial charge in [0.2, 0.25) is 0 Å². The zero-order valence-corrected chi connectivity index (χ0v) is 18.8. The summed E-state index contributed by atoms with van der Waals surface area (Å²) < 4.78 is 5.44. The van der Waals surface area contributed by atoms with E-state index in [1.54, 1.807) is 25.3 Å². The molecule has 2 aliphatic rings.